The highest BCUT2D eigenvalue weighted by Gasteiger charge is 2.26. The van der Waals surface area contributed by atoms with Crippen LogP contribution in [0.25, 0.3) is 0 Å². The molecule has 2 heterocycles. The van der Waals surface area contributed by atoms with Crippen molar-refractivity contribution < 1.29 is 9.53 Å². The maximum absolute atomic E-state index is 12.5. The van der Waals surface area contributed by atoms with E-state index in [1.807, 2.05) is 6.92 Å². The highest BCUT2D eigenvalue weighted by atomic mass is 16.5. The van der Waals surface area contributed by atoms with E-state index in [9.17, 15) is 14.4 Å². The van der Waals surface area contributed by atoms with Crippen molar-refractivity contribution in [3.05, 3.63) is 45.3 Å². The fourth-order valence-corrected chi connectivity index (χ4v) is 3.79. The van der Waals surface area contributed by atoms with Gasteiger partial charge in [0.05, 0.1) is 19.2 Å². The van der Waals surface area contributed by atoms with E-state index in [0.717, 1.165) is 51.4 Å². The van der Waals surface area contributed by atoms with E-state index in [1.165, 1.54) is 18.1 Å². The number of rotatable bonds is 12. The molecule has 2 atom stereocenters. The van der Waals surface area contributed by atoms with Crippen LogP contribution < -0.4 is 11.4 Å². The van der Waals surface area contributed by atoms with E-state index in [0.29, 0.717) is 6.42 Å². The highest BCUT2D eigenvalue weighted by Crippen LogP contribution is 2.24. The first-order valence-electron chi connectivity index (χ1n) is 10.8. The standard InChI is InChI=1S/C22H35N3O4/c1-4-18-16-17-19(25-22(28)23(2)21(27)24(18)25)14-12-10-8-6-5-7-9-11-13-15-20(26)29-3/h8,10,16-19H,4-7,9,11-15H2,1-3H3/b10-8-. The Labute approximate surface area is 172 Å². The molecule has 0 saturated carbocycles. The molecule has 162 valence electrons. The number of nitrogens with zero attached hydrogens (tertiary/aromatic N) is 3. The number of hydrogen-bond donors (Lipinski definition) is 0. The fourth-order valence-electron chi connectivity index (χ4n) is 3.79. The lowest BCUT2D eigenvalue weighted by molar-refractivity contribution is -0.140. The molecule has 0 amide bonds. The van der Waals surface area contributed by atoms with Crippen LogP contribution in [0.3, 0.4) is 0 Å². The Morgan fingerprint density at radius 3 is 2.24 bits per heavy atom. The Morgan fingerprint density at radius 2 is 1.55 bits per heavy atom. The normalized spacial score (nSPS) is 18.3. The van der Waals surface area contributed by atoms with E-state index >= 15 is 0 Å². The molecule has 2 unspecified atom stereocenters. The zero-order valence-corrected chi connectivity index (χ0v) is 18.0. The number of aromatic nitrogens is 3. The molecule has 1 aliphatic rings. The van der Waals surface area contributed by atoms with Gasteiger partial charge in [0.15, 0.2) is 0 Å². The first kappa shape index (κ1) is 23.0. The number of ether oxygens (including phenoxy) is 1. The predicted molar refractivity (Wildman–Crippen MR) is 114 cm³/mol. The molecule has 1 aromatic rings. The maximum Gasteiger partial charge on any atom is 0.347 e. The molecular weight excluding hydrogens is 370 g/mol. The molecule has 0 fully saturated rings. The Hall–Kier alpha value is -2.31. The van der Waals surface area contributed by atoms with E-state index < -0.39 is 0 Å². The summed E-state index contributed by atoms with van der Waals surface area (Å²) in [5.41, 5.74) is -0.475. The number of allylic oxidation sites excluding steroid dienone is 4. The van der Waals surface area contributed by atoms with Crippen LogP contribution in [0.5, 0.6) is 0 Å². The van der Waals surface area contributed by atoms with Crippen LogP contribution in [-0.4, -0.2) is 27.0 Å². The van der Waals surface area contributed by atoms with Crippen molar-refractivity contribution in [2.75, 3.05) is 7.11 Å². The van der Waals surface area contributed by atoms with Crippen molar-refractivity contribution >= 4 is 5.97 Å². The van der Waals surface area contributed by atoms with Crippen LogP contribution in [-0.2, 0) is 16.6 Å². The van der Waals surface area contributed by atoms with Gasteiger partial charge in [-0.15, -0.1) is 0 Å². The lowest BCUT2D eigenvalue weighted by Gasteiger charge is -2.26. The summed E-state index contributed by atoms with van der Waals surface area (Å²) < 4.78 is 9.06. The van der Waals surface area contributed by atoms with Crippen LogP contribution in [0.1, 0.15) is 83.2 Å². The molecule has 0 spiro atoms. The molecule has 2 rings (SSSR count). The average molecular weight is 406 g/mol. The number of unbranched alkanes of at least 4 members (excludes halogenated alkanes) is 5. The Morgan fingerprint density at radius 1 is 0.966 bits per heavy atom. The van der Waals surface area contributed by atoms with Crippen molar-refractivity contribution in [2.45, 2.75) is 83.2 Å². The quantitative estimate of drug-likeness (QED) is 0.302. The second-order valence-corrected chi connectivity index (χ2v) is 7.67. The van der Waals surface area contributed by atoms with Gasteiger partial charge in [0.25, 0.3) is 0 Å². The molecule has 0 saturated heterocycles. The smallest absolute Gasteiger partial charge is 0.347 e. The Bertz CT molecular complexity index is 828. The monoisotopic (exact) mass is 405 g/mol. The molecular formula is C22H35N3O4. The minimum absolute atomic E-state index is 0.0455. The molecule has 1 aliphatic heterocycles. The summed E-state index contributed by atoms with van der Waals surface area (Å²) in [6, 6.07) is -0.116. The van der Waals surface area contributed by atoms with E-state index in [4.69, 9.17) is 0 Å². The van der Waals surface area contributed by atoms with Gasteiger partial charge in [-0.2, -0.15) is 0 Å². The van der Waals surface area contributed by atoms with Crippen molar-refractivity contribution in [2.24, 2.45) is 7.05 Å². The lowest BCUT2D eigenvalue weighted by atomic mass is 10.1. The maximum atomic E-state index is 12.5. The van der Waals surface area contributed by atoms with Gasteiger partial charge < -0.3 is 4.74 Å². The summed E-state index contributed by atoms with van der Waals surface area (Å²) in [6.45, 7) is 2.02. The van der Waals surface area contributed by atoms with Crippen LogP contribution in [0, 0.1) is 0 Å². The Kier molecular flexibility index (Phi) is 9.22. The first-order valence-corrected chi connectivity index (χ1v) is 10.8. The lowest BCUT2D eigenvalue weighted by Crippen LogP contribution is -2.35. The number of hydrogen-bond acceptors (Lipinski definition) is 4. The SMILES string of the molecule is CCC1C=CC(CC/C=C\CCCCCCCC(=O)OC)n2c(=O)n(C)c(=O)n21. The number of methoxy groups -OCH3 is 1. The van der Waals surface area contributed by atoms with Crippen LogP contribution in [0.4, 0.5) is 0 Å². The summed E-state index contributed by atoms with van der Waals surface area (Å²) in [7, 11) is 2.97. The molecule has 0 radical (unpaired) electrons. The summed E-state index contributed by atoms with van der Waals surface area (Å²) in [6.07, 6.45) is 18.0. The second-order valence-electron chi connectivity index (χ2n) is 7.67. The molecule has 29 heavy (non-hydrogen) atoms. The number of carbonyl (C=O) groups excluding carboxylic acids is 1. The van der Waals surface area contributed by atoms with Gasteiger partial charge in [0.2, 0.25) is 0 Å². The van der Waals surface area contributed by atoms with Gasteiger partial charge in [-0.3, -0.25) is 4.79 Å². The predicted octanol–water partition coefficient (Wildman–Crippen LogP) is 3.65. The molecule has 0 aromatic carbocycles. The van der Waals surface area contributed by atoms with Gasteiger partial charge in [-0.05, 0) is 38.5 Å². The average Bonchev–Trinajstić information content (AvgIpc) is 2.96. The minimum atomic E-state index is -0.238. The molecule has 7 nitrogen and oxygen atoms in total. The zero-order valence-electron chi connectivity index (χ0n) is 18.0. The first-order chi connectivity index (χ1) is 14.0. The van der Waals surface area contributed by atoms with Crippen LogP contribution in [0.15, 0.2) is 33.9 Å². The zero-order chi connectivity index (χ0) is 21.2. The summed E-state index contributed by atoms with van der Waals surface area (Å²) >= 11 is 0. The topological polar surface area (TPSA) is 75.2 Å². The third-order valence-corrected chi connectivity index (χ3v) is 5.58. The van der Waals surface area contributed by atoms with Crippen LogP contribution in [0.2, 0.25) is 0 Å². The molecule has 7 heteroatoms. The van der Waals surface area contributed by atoms with E-state index in [1.54, 1.807) is 16.4 Å². The summed E-state index contributed by atoms with van der Waals surface area (Å²) in [4.78, 5) is 35.9. The van der Waals surface area contributed by atoms with Crippen molar-refractivity contribution in [1.29, 1.82) is 0 Å². The highest BCUT2D eigenvalue weighted by molar-refractivity contribution is 5.68. The molecule has 0 aliphatic carbocycles. The number of carbonyl (C=O) groups is 1. The third kappa shape index (κ3) is 6.08. The van der Waals surface area contributed by atoms with Crippen molar-refractivity contribution in [3.8, 4) is 0 Å². The van der Waals surface area contributed by atoms with Crippen molar-refractivity contribution in [1.82, 2.24) is 13.9 Å². The van der Waals surface area contributed by atoms with Crippen LogP contribution >= 0.6 is 0 Å². The van der Waals surface area contributed by atoms with E-state index in [2.05, 4.69) is 29.0 Å². The van der Waals surface area contributed by atoms with Gasteiger partial charge in [-0.1, -0.05) is 50.5 Å². The Balaban J connectivity index is 1.71. The summed E-state index contributed by atoms with van der Waals surface area (Å²) in [5.74, 6) is -0.124. The fraction of sp³-hybridized carbons (Fsp3) is 0.682. The van der Waals surface area contributed by atoms with E-state index in [-0.39, 0.29) is 29.4 Å². The molecule has 0 bridgehead atoms. The molecule has 1 aromatic heterocycles. The minimum Gasteiger partial charge on any atom is -0.469 e. The van der Waals surface area contributed by atoms with Gasteiger partial charge in [0.1, 0.15) is 0 Å². The third-order valence-electron chi connectivity index (χ3n) is 5.58. The largest absolute Gasteiger partial charge is 0.469 e. The van der Waals surface area contributed by atoms with Crippen molar-refractivity contribution in [3.63, 3.8) is 0 Å². The van der Waals surface area contributed by atoms with Gasteiger partial charge in [-0.25, -0.2) is 23.5 Å². The number of esters is 1. The number of fused-ring (bicyclic) bond motifs is 1. The summed E-state index contributed by atoms with van der Waals surface area (Å²) in [5, 5.41) is 0. The van der Waals surface area contributed by atoms with Gasteiger partial charge >= 0.3 is 17.3 Å². The van der Waals surface area contributed by atoms with Gasteiger partial charge in [0, 0.05) is 13.5 Å². The second kappa shape index (κ2) is 11.6. The molecule has 0 N–H and O–H groups in total.